The number of hydrogen-bond acceptors (Lipinski definition) is 3. The van der Waals surface area contributed by atoms with Crippen molar-refractivity contribution in [2.45, 2.75) is 84.7 Å². The number of halogens is 1. The van der Waals surface area contributed by atoms with Crippen molar-refractivity contribution in [3.63, 3.8) is 0 Å². The Kier molecular flexibility index (Phi) is 5.99. The molecule has 0 bridgehead atoms. The number of amides is 3. The average molecular weight is 536 g/mol. The maximum atomic E-state index is 13.9. The molecule has 1 aliphatic heterocycles. The number of anilines is 1. The van der Waals surface area contributed by atoms with Gasteiger partial charge in [0.05, 0.1) is 12.1 Å². The maximum absolute atomic E-state index is 13.9. The lowest BCUT2D eigenvalue weighted by Crippen LogP contribution is -2.52. The first kappa shape index (κ1) is 22.7. The number of benzene rings is 1. The van der Waals surface area contributed by atoms with E-state index in [2.05, 4.69) is 50.3 Å². The van der Waals surface area contributed by atoms with Crippen LogP contribution in [0.3, 0.4) is 0 Å². The van der Waals surface area contributed by atoms with Crippen LogP contribution in [-0.4, -0.2) is 34.7 Å². The van der Waals surface area contributed by atoms with Crippen molar-refractivity contribution in [1.82, 2.24) is 4.90 Å². The first-order chi connectivity index (χ1) is 14.6. The lowest BCUT2D eigenvalue weighted by atomic mass is 10.0. The monoisotopic (exact) mass is 536 g/mol. The van der Waals surface area contributed by atoms with Crippen molar-refractivity contribution < 1.29 is 14.4 Å². The molecule has 2 saturated carbocycles. The summed E-state index contributed by atoms with van der Waals surface area (Å²) in [6, 6.07) is 6.77. The molecule has 3 aliphatic rings. The predicted molar refractivity (Wildman–Crippen MR) is 129 cm³/mol. The first-order valence-corrected chi connectivity index (χ1v) is 12.6. The standard InChI is InChI=1S/C25H33IN2O3/c1-24(2)21(25(24,3)4)23(31)27(17-9-7-5-6-8-10-17)19-15-20(29)28(22(19)30)18-13-11-16(26)12-14-18/h11-14,17,19,21H,5-10,15H2,1-4H3. The summed E-state index contributed by atoms with van der Waals surface area (Å²) in [5, 5.41) is 0. The summed E-state index contributed by atoms with van der Waals surface area (Å²) in [5.41, 5.74) is 0.390. The minimum absolute atomic E-state index is 0.0422. The SMILES string of the molecule is CC1(C)C(C(=O)N(C2CCCCCC2)C2CC(=O)N(c3ccc(I)cc3)C2=O)C1(C)C. The third kappa shape index (κ3) is 3.83. The second-order valence-electron chi connectivity index (χ2n) is 10.5. The minimum Gasteiger partial charge on any atom is -0.327 e. The Balaban J connectivity index is 1.66. The normalized spacial score (nSPS) is 26.1. The van der Waals surface area contributed by atoms with Crippen LogP contribution in [-0.2, 0) is 14.4 Å². The number of carbonyl (C=O) groups excluding carboxylic acids is 3. The topological polar surface area (TPSA) is 57.7 Å². The van der Waals surface area contributed by atoms with Gasteiger partial charge in [-0.15, -0.1) is 0 Å². The van der Waals surface area contributed by atoms with Crippen molar-refractivity contribution in [3.8, 4) is 0 Å². The fourth-order valence-corrected chi connectivity index (χ4v) is 6.14. The van der Waals surface area contributed by atoms with Gasteiger partial charge in [-0.05, 0) is 70.5 Å². The molecule has 31 heavy (non-hydrogen) atoms. The van der Waals surface area contributed by atoms with E-state index in [0.29, 0.717) is 5.69 Å². The average Bonchev–Trinajstić information content (AvgIpc) is 3.13. The molecule has 6 heteroatoms. The smallest absolute Gasteiger partial charge is 0.257 e. The van der Waals surface area contributed by atoms with E-state index in [1.54, 1.807) is 0 Å². The molecule has 1 saturated heterocycles. The number of hydrogen-bond donors (Lipinski definition) is 0. The van der Waals surface area contributed by atoms with Gasteiger partial charge in [0.15, 0.2) is 0 Å². The van der Waals surface area contributed by atoms with E-state index in [4.69, 9.17) is 0 Å². The first-order valence-electron chi connectivity index (χ1n) is 11.5. The van der Waals surface area contributed by atoms with Gasteiger partial charge in [0.2, 0.25) is 11.8 Å². The lowest BCUT2D eigenvalue weighted by molar-refractivity contribution is -0.143. The molecular formula is C25H33IN2O3. The van der Waals surface area contributed by atoms with Crippen LogP contribution in [0.4, 0.5) is 5.69 Å². The van der Waals surface area contributed by atoms with Gasteiger partial charge in [0.1, 0.15) is 6.04 Å². The molecule has 1 heterocycles. The van der Waals surface area contributed by atoms with Crippen LogP contribution in [0.15, 0.2) is 24.3 Å². The summed E-state index contributed by atoms with van der Waals surface area (Å²) in [6.07, 6.45) is 6.40. The summed E-state index contributed by atoms with van der Waals surface area (Å²) in [7, 11) is 0. The second-order valence-corrected chi connectivity index (χ2v) is 11.8. The van der Waals surface area contributed by atoms with Crippen LogP contribution in [0.1, 0.15) is 72.6 Å². The number of rotatable bonds is 4. The van der Waals surface area contributed by atoms with E-state index in [9.17, 15) is 14.4 Å². The number of nitrogens with zero attached hydrogens (tertiary/aromatic N) is 2. The Bertz CT molecular complexity index is 871. The lowest BCUT2D eigenvalue weighted by Gasteiger charge is -2.36. The van der Waals surface area contributed by atoms with E-state index in [-0.39, 0.29) is 46.9 Å². The molecule has 2 aliphatic carbocycles. The maximum Gasteiger partial charge on any atom is 0.257 e. The molecule has 1 unspecified atom stereocenters. The van der Waals surface area contributed by atoms with Gasteiger partial charge in [0, 0.05) is 15.5 Å². The Morgan fingerprint density at radius 1 is 0.968 bits per heavy atom. The van der Waals surface area contributed by atoms with Crippen LogP contribution in [0.2, 0.25) is 0 Å². The van der Waals surface area contributed by atoms with Crippen LogP contribution in [0.25, 0.3) is 0 Å². The van der Waals surface area contributed by atoms with Crippen molar-refractivity contribution in [3.05, 3.63) is 27.8 Å². The molecule has 168 valence electrons. The van der Waals surface area contributed by atoms with Crippen molar-refractivity contribution in [2.75, 3.05) is 4.90 Å². The zero-order valence-corrected chi connectivity index (χ0v) is 21.1. The summed E-state index contributed by atoms with van der Waals surface area (Å²) >= 11 is 2.21. The Labute approximate surface area is 199 Å². The molecule has 1 atom stereocenters. The van der Waals surface area contributed by atoms with Gasteiger partial charge in [-0.3, -0.25) is 14.4 Å². The fraction of sp³-hybridized carbons (Fsp3) is 0.640. The summed E-state index contributed by atoms with van der Waals surface area (Å²) < 4.78 is 1.05. The molecule has 4 rings (SSSR count). The number of imide groups is 1. The van der Waals surface area contributed by atoms with E-state index < -0.39 is 6.04 Å². The van der Waals surface area contributed by atoms with Gasteiger partial charge in [-0.25, -0.2) is 4.90 Å². The predicted octanol–water partition coefficient (Wildman–Crippen LogP) is 5.16. The van der Waals surface area contributed by atoms with Crippen molar-refractivity contribution >= 4 is 46.0 Å². The molecule has 1 aromatic carbocycles. The van der Waals surface area contributed by atoms with Gasteiger partial charge < -0.3 is 4.90 Å². The summed E-state index contributed by atoms with van der Waals surface area (Å²) in [6.45, 7) is 8.56. The third-order valence-corrected chi connectivity index (χ3v) is 9.00. The van der Waals surface area contributed by atoms with Crippen LogP contribution in [0.5, 0.6) is 0 Å². The molecule has 1 aromatic rings. The van der Waals surface area contributed by atoms with Gasteiger partial charge in [-0.1, -0.05) is 53.4 Å². The number of carbonyl (C=O) groups is 3. The van der Waals surface area contributed by atoms with Crippen LogP contribution < -0.4 is 4.90 Å². The van der Waals surface area contributed by atoms with Crippen LogP contribution in [0, 0.1) is 20.3 Å². The van der Waals surface area contributed by atoms with Gasteiger partial charge >= 0.3 is 0 Å². The fourth-order valence-electron chi connectivity index (χ4n) is 5.78. The summed E-state index contributed by atoms with van der Waals surface area (Å²) in [4.78, 5) is 43.6. The zero-order chi connectivity index (χ0) is 22.6. The highest BCUT2D eigenvalue weighted by molar-refractivity contribution is 14.1. The molecule has 0 aromatic heterocycles. The second kappa shape index (κ2) is 8.16. The molecule has 0 radical (unpaired) electrons. The molecule has 3 fully saturated rings. The van der Waals surface area contributed by atoms with Gasteiger partial charge in [0.25, 0.3) is 5.91 Å². The highest BCUT2D eigenvalue weighted by atomic mass is 127. The quantitative estimate of drug-likeness (QED) is 0.304. The largest absolute Gasteiger partial charge is 0.327 e. The molecule has 0 N–H and O–H groups in total. The van der Waals surface area contributed by atoms with E-state index in [0.717, 1.165) is 29.3 Å². The Morgan fingerprint density at radius 2 is 1.52 bits per heavy atom. The minimum atomic E-state index is -0.686. The Hall–Kier alpha value is -1.44. The van der Waals surface area contributed by atoms with Crippen molar-refractivity contribution in [2.24, 2.45) is 16.7 Å². The highest BCUT2D eigenvalue weighted by Gasteiger charge is 2.69. The molecule has 5 nitrogen and oxygen atoms in total. The third-order valence-electron chi connectivity index (χ3n) is 8.28. The van der Waals surface area contributed by atoms with E-state index in [1.807, 2.05) is 29.2 Å². The van der Waals surface area contributed by atoms with Gasteiger partial charge in [-0.2, -0.15) is 0 Å². The highest BCUT2D eigenvalue weighted by Crippen LogP contribution is 2.69. The van der Waals surface area contributed by atoms with Crippen molar-refractivity contribution in [1.29, 1.82) is 0 Å². The molecule has 0 spiro atoms. The van der Waals surface area contributed by atoms with E-state index >= 15 is 0 Å². The van der Waals surface area contributed by atoms with E-state index in [1.165, 1.54) is 17.7 Å². The van der Waals surface area contributed by atoms with Crippen LogP contribution >= 0.6 is 22.6 Å². The molecular weight excluding hydrogens is 503 g/mol. The molecule has 3 amide bonds. The Morgan fingerprint density at radius 3 is 2.03 bits per heavy atom. The zero-order valence-electron chi connectivity index (χ0n) is 19.0. The summed E-state index contributed by atoms with van der Waals surface area (Å²) in [5.74, 6) is -0.506.